The van der Waals surface area contributed by atoms with Gasteiger partial charge in [0.05, 0.1) is 12.3 Å². The van der Waals surface area contributed by atoms with Gasteiger partial charge in [0.15, 0.2) is 0 Å². The second kappa shape index (κ2) is 6.51. The standard InChI is InChI=1S/C17H20N2O/c1-2-7-17(20-12-4-3-5-14-8-9-14)15(6-1)16-10-11-18-13-19-16/h1-2,6-7,10-11,13-14H,3-5,8-9,12H2. The van der Waals surface area contributed by atoms with Gasteiger partial charge in [-0.2, -0.15) is 0 Å². The number of ether oxygens (including phenoxy) is 1. The van der Waals surface area contributed by atoms with Gasteiger partial charge >= 0.3 is 0 Å². The first-order chi connectivity index (χ1) is 9.93. The molecule has 1 aliphatic rings. The van der Waals surface area contributed by atoms with Crippen LogP contribution in [0.5, 0.6) is 5.75 Å². The van der Waals surface area contributed by atoms with Gasteiger partial charge in [0.2, 0.25) is 0 Å². The third-order valence-corrected chi connectivity index (χ3v) is 3.71. The van der Waals surface area contributed by atoms with Crippen LogP contribution in [0.3, 0.4) is 0 Å². The highest BCUT2D eigenvalue weighted by Crippen LogP contribution is 2.34. The van der Waals surface area contributed by atoms with Gasteiger partial charge in [-0.1, -0.05) is 31.4 Å². The topological polar surface area (TPSA) is 35.0 Å². The Morgan fingerprint density at radius 3 is 2.80 bits per heavy atom. The zero-order valence-corrected chi connectivity index (χ0v) is 11.7. The molecule has 1 aliphatic carbocycles. The van der Waals surface area contributed by atoms with Gasteiger partial charge in [-0.3, -0.25) is 0 Å². The van der Waals surface area contributed by atoms with Gasteiger partial charge in [-0.05, 0) is 37.0 Å². The highest BCUT2D eigenvalue weighted by Gasteiger charge is 2.19. The summed E-state index contributed by atoms with van der Waals surface area (Å²) in [6.45, 7) is 0.787. The van der Waals surface area contributed by atoms with E-state index in [4.69, 9.17) is 4.74 Å². The first kappa shape index (κ1) is 13.1. The van der Waals surface area contributed by atoms with Crippen molar-refractivity contribution in [2.24, 2.45) is 5.92 Å². The minimum atomic E-state index is 0.787. The van der Waals surface area contributed by atoms with Crippen LogP contribution in [0, 0.1) is 5.92 Å². The van der Waals surface area contributed by atoms with E-state index in [1.807, 2.05) is 30.3 Å². The Bertz CT molecular complexity index is 538. The maximum absolute atomic E-state index is 5.93. The van der Waals surface area contributed by atoms with Gasteiger partial charge < -0.3 is 4.74 Å². The van der Waals surface area contributed by atoms with Crippen molar-refractivity contribution in [2.75, 3.05) is 6.61 Å². The van der Waals surface area contributed by atoms with Crippen LogP contribution in [0.2, 0.25) is 0 Å². The Morgan fingerprint density at radius 2 is 2.00 bits per heavy atom. The second-order valence-electron chi connectivity index (χ2n) is 5.38. The van der Waals surface area contributed by atoms with E-state index >= 15 is 0 Å². The van der Waals surface area contributed by atoms with Crippen molar-refractivity contribution in [3.63, 3.8) is 0 Å². The van der Waals surface area contributed by atoms with E-state index in [0.29, 0.717) is 0 Å². The van der Waals surface area contributed by atoms with E-state index in [1.165, 1.54) is 25.7 Å². The van der Waals surface area contributed by atoms with Gasteiger partial charge in [0, 0.05) is 11.8 Å². The minimum Gasteiger partial charge on any atom is -0.493 e. The maximum Gasteiger partial charge on any atom is 0.128 e. The Morgan fingerprint density at radius 1 is 1.10 bits per heavy atom. The molecular weight excluding hydrogens is 248 g/mol. The number of hydrogen-bond acceptors (Lipinski definition) is 3. The minimum absolute atomic E-state index is 0.787. The predicted octanol–water partition coefficient (Wildman–Crippen LogP) is 4.10. The average Bonchev–Trinajstić information content (AvgIpc) is 3.32. The molecular formula is C17H20N2O. The van der Waals surface area contributed by atoms with Crippen LogP contribution < -0.4 is 4.74 Å². The van der Waals surface area contributed by atoms with Crippen LogP contribution in [0.4, 0.5) is 0 Å². The molecule has 20 heavy (non-hydrogen) atoms. The van der Waals surface area contributed by atoms with Crippen molar-refractivity contribution < 1.29 is 4.74 Å². The lowest BCUT2D eigenvalue weighted by Gasteiger charge is -2.10. The molecule has 1 saturated carbocycles. The number of rotatable bonds is 7. The van der Waals surface area contributed by atoms with Gasteiger partial charge in [0.25, 0.3) is 0 Å². The summed E-state index contributed by atoms with van der Waals surface area (Å²) in [5.41, 5.74) is 1.95. The first-order valence-corrected chi connectivity index (χ1v) is 7.42. The van der Waals surface area contributed by atoms with Gasteiger partial charge in [-0.15, -0.1) is 0 Å². The summed E-state index contributed by atoms with van der Waals surface area (Å²) in [5.74, 6) is 1.93. The summed E-state index contributed by atoms with van der Waals surface area (Å²) in [4.78, 5) is 8.25. The van der Waals surface area contributed by atoms with Crippen LogP contribution >= 0.6 is 0 Å². The van der Waals surface area contributed by atoms with E-state index in [9.17, 15) is 0 Å². The lowest BCUT2D eigenvalue weighted by molar-refractivity contribution is 0.305. The maximum atomic E-state index is 5.93. The van der Waals surface area contributed by atoms with Crippen LogP contribution in [-0.2, 0) is 0 Å². The molecule has 0 radical (unpaired) electrons. The number of aromatic nitrogens is 2. The summed E-state index contributed by atoms with van der Waals surface area (Å²) in [5, 5.41) is 0. The van der Waals surface area contributed by atoms with Gasteiger partial charge in [0.1, 0.15) is 12.1 Å². The summed E-state index contributed by atoms with van der Waals surface area (Å²) < 4.78 is 5.93. The largest absolute Gasteiger partial charge is 0.493 e. The molecule has 3 nitrogen and oxygen atoms in total. The molecule has 0 spiro atoms. The smallest absolute Gasteiger partial charge is 0.128 e. The molecule has 1 aromatic heterocycles. The normalized spacial score (nSPS) is 14.2. The van der Waals surface area contributed by atoms with Crippen molar-refractivity contribution in [2.45, 2.75) is 32.1 Å². The molecule has 3 rings (SSSR count). The summed E-state index contributed by atoms with van der Waals surface area (Å²) in [6, 6.07) is 9.98. The number of benzene rings is 1. The van der Waals surface area contributed by atoms with Crippen LogP contribution in [-0.4, -0.2) is 16.6 Å². The van der Waals surface area contributed by atoms with Crippen LogP contribution in [0.15, 0.2) is 42.9 Å². The third kappa shape index (κ3) is 3.56. The Labute approximate surface area is 120 Å². The number of nitrogens with zero attached hydrogens (tertiary/aromatic N) is 2. The van der Waals surface area contributed by atoms with Crippen molar-refractivity contribution in [3.05, 3.63) is 42.9 Å². The van der Waals surface area contributed by atoms with Crippen molar-refractivity contribution >= 4 is 0 Å². The van der Waals surface area contributed by atoms with Crippen molar-refractivity contribution in [1.29, 1.82) is 0 Å². The molecule has 2 aromatic rings. The molecule has 1 heterocycles. The lowest BCUT2D eigenvalue weighted by atomic mass is 10.1. The molecule has 0 unspecified atom stereocenters. The molecule has 0 saturated heterocycles. The molecule has 1 fully saturated rings. The molecule has 1 aromatic carbocycles. The molecule has 3 heteroatoms. The van der Waals surface area contributed by atoms with Crippen LogP contribution in [0.1, 0.15) is 32.1 Å². The van der Waals surface area contributed by atoms with E-state index in [0.717, 1.165) is 36.0 Å². The summed E-state index contributed by atoms with van der Waals surface area (Å²) in [7, 11) is 0. The van der Waals surface area contributed by atoms with Crippen molar-refractivity contribution in [3.8, 4) is 17.0 Å². The number of para-hydroxylation sites is 1. The molecule has 104 valence electrons. The van der Waals surface area contributed by atoms with Crippen LogP contribution in [0.25, 0.3) is 11.3 Å². The fraction of sp³-hybridized carbons (Fsp3) is 0.412. The molecule has 0 atom stereocenters. The number of unbranched alkanes of at least 4 members (excludes halogenated alkanes) is 1. The number of hydrogen-bond donors (Lipinski definition) is 0. The molecule has 0 bridgehead atoms. The lowest BCUT2D eigenvalue weighted by Crippen LogP contribution is -1.99. The highest BCUT2D eigenvalue weighted by atomic mass is 16.5. The highest BCUT2D eigenvalue weighted by molar-refractivity contribution is 5.66. The fourth-order valence-corrected chi connectivity index (χ4v) is 2.38. The third-order valence-electron chi connectivity index (χ3n) is 3.71. The molecule has 0 aliphatic heterocycles. The van der Waals surface area contributed by atoms with E-state index in [2.05, 4.69) is 9.97 Å². The first-order valence-electron chi connectivity index (χ1n) is 7.42. The SMILES string of the molecule is c1ccc(-c2ccncn2)c(OCCCCC2CC2)c1. The monoisotopic (exact) mass is 268 g/mol. The Kier molecular flexibility index (Phi) is 4.26. The van der Waals surface area contributed by atoms with Crippen molar-refractivity contribution in [1.82, 2.24) is 9.97 Å². The molecule has 0 amide bonds. The zero-order valence-electron chi connectivity index (χ0n) is 11.7. The zero-order chi connectivity index (χ0) is 13.6. The second-order valence-corrected chi connectivity index (χ2v) is 5.38. The quantitative estimate of drug-likeness (QED) is 0.709. The Hall–Kier alpha value is -1.90. The van der Waals surface area contributed by atoms with E-state index in [1.54, 1.807) is 12.5 Å². The Balaban J connectivity index is 1.58. The predicted molar refractivity (Wildman–Crippen MR) is 79.5 cm³/mol. The fourth-order valence-electron chi connectivity index (χ4n) is 2.38. The summed E-state index contributed by atoms with van der Waals surface area (Å²) in [6.07, 6.45) is 10.00. The summed E-state index contributed by atoms with van der Waals surface area (Å²) >= 11 is 0. The molecule has 0 N–H and O–H groups in total. The van der Waals surface area contributed by atoms with E-state index < -0.39 is 0 Å². The van der Waals surface area contributed by atoms with Gasteiger partial charge in [-0.25, -0.2) is 9.97 Å². The average molecular weight is 268 g/mol. The van der Waals surface area contributed by atoms with E-state index in [-0.39, 0.29) is 0 Å².